The molecule has 4 heteroatoms. The molecule has 0 fully saturated rings. The van der Waals surface area contributed by atoms with Gasteiger partial charge in [-0.05, 0) is 31.2 Å². The smallest absolute Gasteiger partial charge is 0.222 e. The van der Waals surface area contributed by atoms with Gasteiger partial charge in [0.05, 0.1) is 6.61 Å². The van der Waals surface area contributed by atoms with Crippen LogP contribution >= 0.6 is 0 Å². The minimum absolute atomic E-state index is 0.0264. The molecule has 0 saturated heterocycles. The SMILES string of the molecule is CC(C)C(CCN)CCC(=O)N(C)CCO. The first-order chi connectivity index (χ1) is 7.52. The van der Waals surface area contributed by atoms with Crippen LogP contribution in [-0.2, 0) is 4.79 Å². The third kappa shape index (κ3) is 6.08. The molecule has 0 radical (unpaired) electrons. The average Bonchev–Trinajstić information content (AvgIpc) is 2.23. The number of nitrogens with zero attached hydrogens (tertiary/aromatic N) is 1. The van der Waals surface area contributed by atoms with Gasteiger partial charge in [0.1, 0.15) is 0 Å². The molecule has 4 nitrogen and oxygen atoms in total. The van der Waals surface area contributed by atoms with E-state index in [0.717, 1.165) is 12.8 Å². The van der Waals surface area contributed by atoms with Gasteiger partial charge in [-0.2, -0.15) is 0 Å². The molecule has 1 unspecified atom stereocenters. The predicted octanol–water partition coefficient (Wildman–Crippen LogP) is 0.838. The Morgan fingerprint density at radius 2 is 2.00 bits per heavy atom. The first-order valence-corrected chi connectivity index (χ1v) is 6.07. The predicted molar refractivity (Wildman–Crippen MR) is 66.0 cm³/mol. The third-order valence-electron chi connectivity index (χ3n) is 3.07. The maximum Gasteiger partial charge on any atom is 0.222 e. The Morgan fingerprint density at radius 3 is 2.44 bits per heavy atom. The van der Waals surface area contributed by atoms with Crippen LogP contribution in [0.2, 0.25) is 0 Å². The lowest BCUT2D eigenvalue weighted by atomic mass is 9.88. The molecular formula is C12H26N2O2. The van der Waals surface area contributed by atoms with E-state index in [9.17, 15) is 4.79 Å². The Bertz CT molecular complexity index is 195. The summed E-state index contributed by atoms with van der Waals surface area (Å²) in [5, 5.41) is 8.73. The number of carbonyl (C=O) groups is 1. The van der Waals surface area contributed by atoms with Crippen molar-refractivity contribution in [1.29, 1.82) is 0 Å². The molecule has 3 N–H and O–H groups in total. The van der Waals surface area contributed by atoms with Gasteiger partial charge in [0, 0.05) is 20.0 Å². The van der Waals surface area contributed by atoms with Crippen LogP contribution in [0.1, 0.15) is 33.1 Å². The van der Waals surface area contributed by atoms with E-state index < -0.39 is 0 Å². The highest BCUT2D eigenvalue weighted by Gasteiger charge is 2.15. The van der Waals surface area contributed by atoms with Crippen molar-refractivity contribution in [3.8, 4) is 0 Å². The Kier molecular flexibility index (Phi) is 8.21. The van der Waals surface area contributed by atoms with Crippen molar-refractivity contribution in [3.05, 3.63) is 0 Å². The van der Waals surface area contributed by atoms with Crippen molar-refractivity contribution in [1.82, 2.24) is 4.90 Å². The molecule has 0 bridgehead atoms. The van der Waals surface area contributed by atoms with Gasteiger partial charge in [-0.3, -0.25) is 4.79 Å². The standard InChI is InChI=1S/C12H26N2O2/c1-10(2)11(6-7-13)4-5-12(16)14(3)8-9-15/h10-11,15H,4-9,13H2,1-3H3. The monoisotopic (exact) mass is 230 g/mol. The maximum absolute atomic E-state index is 11.6. The highest BCUT2D eigenvalue weighted by molar-refractivity contribution is 5.75. The number of likely N-dealkylation sites (N-methyl/N-ethyl adjacent to an activating group) is 1. The number of aliphatic hydroxyl groups excluding tert-OH is 1. The summed E-state index contributed by atoms with van der Waals surface area (Å²) in [5.74, 6) is 1.20. The van der Waals surface area contributed by atoms with Gasteiger partial charge in [-0.1, -0.05) is 13.8 Å². The zero-order valence-electron chi connectivity index (χ0n) is 10.8. The summed E-state index contributed by atoms with van der Waals surface area (Å²) in [6, 6.07) is 0. The van der Waals surface area contributed by atoms with Crippen LogP contribution in [0.4, 0.5) is 0 Å². The van der Waals surface area contributed by atoms with E-state index in [1.165, 1.54) is 0 Å². The van der Waals surface area contributed by atoms with Crippen LogP contribution in [0, 0.1) is 11.8 Å². The molecule has 0 rings (SSSR count). The Labute approximate surface area is 98.8 Å². The summed E-state index contributed by atoms with van der Waals surface area (Å²) in [6.07, 6.45) is 2.43. The fraction of sp³-hybridized carbons (Fsp3) is 0.917. The van der Waals surface area contributed by atoms with Crippen molar-refractivity contribution in [2.45, 2.75) is 33.1 Å². The number of nitrogens with two attached hydrogens (primary N) is 1. The second-order valence-electron chi connectivity index (χ2n) is 4.66. The summed E-state index contributed by atoms with van der Waals surface area (Å²) >= 11 is 0. The molecule has 16 heavy (non-hydrogen) atoms. The van der Waals surface area contributed by atoms with Crippen molar-refractivity contribution >= 4 is 5.91 Å². The van der Waals surface area contributed by atoms with E-state index in [4.69, 9.17) is 10.8 Å². The summed E-state index contributed by atoms with van der Waals surface area (Å²) < 4.78 is 0. The van der Waals surface area contributed by atoms with Crippen molar-refractivity contribution in [3.63, 3.8) is 0 Å². The zero-order valence-corrected chi connectivity index (χ0v) is 10.8. The number of aliphatic hydroxyl groups is 1. The molecule has 1 amide bonds. The number of hydrogen-bond acceptors (Lipinski definition) is 3. The highest BCUT2D eigenvalue weighted by Crippen LogP contribution is 2.20. The van der Waals surface area contributed by atoms with Crippen molar-refractivity contribution < 1.29 is 9.90 Å². The van der Waals surface area contributed by atoms with Crippen LogP contribution in [-0.4, -0.2) is 42.7 Å². The van der Waals surface area contributed by atoms with E-state index >= 15 is 0 Å². The normalized spacial score (nSPS) is 12.9. The lowest BCUT2D eigenvalue weighted by molar-refractivity contribution is -0.130. The fourth-order valence-corrected chi connectivity index (χ4v) is 1.80. The van der Waals surface area contributed by atoms with E-state index in [2.05, 4.69) is 13.8 Å². The van der Waals surface area contributed by atoms with E-state index in [1.54, 1.807) is 11.9 Å². The van der Waals surface area contributed by atoms with Gasteiger partial charge in [-0.25, -0.2) is 0 Å². The average molecular weight is 230 g/mol. The van der Waals surface area contributed by atoms with Gasteiger partial charge < -0.3 is 15.7 Å². The fourth-order valence-electron chi connectivity index (χ4n) is 1.80. The van der Waals surface area contributed by atoms with Crippen molar-refractivity contribution in [2.24, 2.45) is 17.6 Å². The number of rotatable bonds is 8. The molecular weight excluding hydrogens is 204 g/mol. The van der Waals surface area contributed by atoms with Gasteiger partial charge in [0.2, 0.25) is 5.91 Å². The van der Waals surface area contributed by atoms with Gasteiger partial charge in [0.15, 0.2) is 0 Å². The topological polar surface area (TPSA) is 66.6 Å². The Hall–Kier alpha value is -0.610. The molecule has 1 atom stereocenters. The zero-order chi connectivity index (χ0) is 12.6. The van der Waals surface area contributed by atoms with Crippen LogP contribution in [0.3, 0.4) is 0 Å². The van der Waals surface area contributed by atoms with Crippen LogP contribution in [0.15, 0.2) is 0 Å². The van der Waals surface area contributed by atoms with Gasteiger partial charge in [-0.15, -0.1) is 0 Å². The summed E-state index contributed by atoms with van der Waals surface area (Å²) in [7, 11) is 1.73. The lowest BCUT2D eigenvalue weighted by Gasteiger charge is -2.21. The molecule has 0 aromatic rings. The van der Waals surface area contributed by atoms with Crippen LogP contribution in [0.5, 0.6) is 0 Å². The first kappa shape index (κ1) is 15.4. The second kappa shape index (κ2) is 8.53. The maximum atomic E-state index is 11.6. The Balaban J connectivity index is 3.95. The summed E-state index contributed by atoms with van der Waals surface area (Å²) in [4.78, 5) is 13.2. The molecule has 0 saturated carbocycles. The minimum atomic E-state index is 0.0264. The summed E-state index contributed by atoms with van der Waals surface area (Å²) in [6.45, 7) is 5.47. The number of carbonyl (C=O) groups excluding carboxylic acids is 1. The molecule has 0 aromatic carbocycles. The molecule has 0 heterocycles. The quantitative estimate of drug-likeness (QED) is 0.649. The summed E-state index contributed by atoms with van der Waals surface area (Å²) in [5.41, 5.74) is 5.55. The number of hydrogen-bond donors (Lipinski definition) is 2. The van der Waals surface area contributed by atoms with Gasteiger partial charge >= 0.3 is 0 Å². The van der Waals surface area contributed by atoms with Gasteiger partial charge in [0.25, 0.3) is 0 Å². The molecule has 0 aliphatic carbocycles. The van der Waals surface area contributed by atoms with Crippen LogP contribution < -0.4 is 5.73 Å². The molecule has 0 aliphatic heterocycles. The minimum Gasteiger partial charge on any atom is -0.395 e. The van der Waals surface area contributed by atoms with E-state index in [1.807, 2.05) is 0 Å². The van der Waals surface area contributed by atoms with E-state index in [-0.39, 0.29) is 12.5 Å². The van der Waals surface area contributed by atoms with Crippen molar-refractivity contribution in [2.75, 3.05) is 26.7 Å². The number of amides is 1. The molecule has 0 aliphatic rings. The second-order valence-corrected chi connectivity index (χ2v) is 4.66. The molecule has 0 spiro atoms. The lowest BCUT2D eigenvalue weighted by Crippen LogP contribution is -2.30. The Morgan fingerprint density at radius 1 is 1.38 bits per heavy atom. The highest BCUT2D eigenvalue weighted by atomic mass is 16.3. The molecule has 96 valence electrons. The first-order valence-electron chi connectivity index (χ1n) is 6.07. The van der Waals surface area contributed by atoms with Crippen LogP contribution in [0.25, 0.3) is 0 Å². The third-order valence-corrected chi connectivity index (χ3v) is 3.07. The van der Waals surface area contributed by atoms with E-state index in [0.29, 0.717) is 31.3 Å². The molecule has 0 aromatic heterocycles. The largest absolute Gasteiger partial charge is 0.395 e.